The molecule has 1 unspecified atom stereocenters. The molecule has 0 bridgehead atoms. The smallest absolute Gasteiger partial charge is 0.00643 e. The highest BCUT2D eigenvalue weighted by atomic mass is 15.1. The summed E-state index contributed by atoms with van der Waals surface area (Å²) in [5, 5.41) is 0. The van der Waals surface area contributed by atoms with Crippen LogP contribution in [0.15, 0.2) is 0 Å². The Morgan fingerprint density at radius 1 is 1.19 bits per heavy atom. The van der Waals surface area contributed by atoms with E-state index >= 15 is 0 Å². The van der Waals surface area contributed by atoms with E-state index < -0.39 is 0 Å². The van der Waals surface area contributed by atoms with Gasteiger partial charge in [0.15, 0.2) is 0 Å². The lowest BCUT2D eigenvalue weighted by Gasteiger charge is -2.32. The van der Waals surface area contributed by atoms with Crippen molar-refractivity contribution in [3.8, 4) is 0 Å². The molecule has 0 saturated heterocycles. The Hall–Kier alpha value is -0.0800. The summed E-state index contributed by atoms with van der Waals surface area (Å²) < 4.78 is 0. The second-order valence-corrected chi connectivity index (χ2v) is 5.77. The molecule has 0 aromatic heterocycles. The fraction of sp³-hybridized carbons (Fsp3) is 1.00. The van der Waals surface area contributed by atoms with Crippen molar-refractivity contribution in [3.05, 3.63) is 0 Å². The van der Waals surface area contributed by atoms with Crippen LogP contribution in [0.1, 0.15) is 60.3 Å². The normalized spacial score (nSPS) is 14.4. The summed E-state index contributed by atoms with van der Waals surface area (Å²) >= 11 is 0. The molecule has 0 saturated carbocycles. The molecular formula is C14H32N2. The molecule has 0 radical (unpaired) electrons. The maximum absolute atomic E-state index is 5.78. The Kier molecular flexibility index (Phi) is 8.04. The molecule has 0 aromatic carbocycles. The van der Waals surface area contributed by atoms with E-state index in [1.165, 1.54) is 38.8 Å². The summed E-state index contributed by atoms with van der Waals surface area (Å²) in [6.45, 7) is 14.6. The zero-order chi connectivity index (χ0) is 12.6. The Balaban J connectivity index is 4.10. The van der Waals surface area contributed by atoms with Crippen LogP contribution in [0.25, 0.3) is 0 Å². The van der Waals surface area contributed by atoms with E-state index in [0.29, 0.717) is 6.04 Å². The van der Waals surface area contributed by atoms with E-state index in [9.17, 15) is 0 Å². The number of nitrogens with two attached hydrogens (primary N) is 1. The summed E-state index contributed by atoms with van der Waals surface area (Å²) in [4.78, 5) is 2.63. The first-order valence-corrected chi connectivity index (χ1v) is 6.91. The fourth-order valence-electron chi connectivity index (χ4n) is 1.72. The van der Waals surface area contributed by atoms with Crippen molar-refractivity contribution in [3.63, 3.8) is 0 Å². The summed E-state index contributed by atoms with van der Waals surface area (Å²) in [7, 11) is 0. The van der Waals surface area contributed by atoms with Crippen molar-refractivity contribution in [2.24, 2.45) is 11.1 Å². The van der Waals surface area contributed by atoms with Crippen molar-refractivity contribution in [1.82, 2.24) is 4.90 Å². The van der Waals surface area contributed by atoms with Gasteiger partial charge in [0.05, 0.1) is 0 Å². The van der Waals surface area contributed by atoms with Gasteiger partial charge in [-0.25, -0.2) is 0 Å². The van der Waals surface area contributed by atoms with Gasteiger partial charge in [-0.2, -0.15) is 0 Å². The van der Waals surface area contributed by atoms with Gasteiger partial charge in [-0.1, -0.05) is 34.1 Å². The maximum Gasteiger partial charge on any atom is 0.00643 e. The second-order valence-electron chi connectivity index (χ2n) is 5.77. The van der Waals surface area contributed by atoms with E-state index in [1.807, 2.05) is 0 Å². The van der Waals surface area contributed by atoms with Crippen LogP contribution in [0, 0.1) is 5.41 Å². The third kappa shape index (κ3) is 6.49. The predicted molar refractivity (Wildman–Crippen MR) is 73.7 cm³/mol. The molecule has 0 aliphatic carbocycles. The van der Waals surface area contributed by atoms with Gasteiger partial charge in [0, 0.05) is 6.04 Å². The van der Waals surface area contributed by atoms with Crippen LogP contribution >= 0.6 is 0 Å². The molecule has 2 N–H and O–H groups in total. The number of nitrogens with zero attached hydrogens (tertiary/aromatic N) is 1. The van der Waals surface area contributed by atoms with Crippen molar-refractivity contribution < 1.29 is 0 Å². The van der Waals surface area contributed by atoms with Gasteiger partial charge in [0.1, 0.15) is 0 Å². The Morgan fingerprint density at radius 3 is 2.25 bits per heavy atom. The SMILES string of the molecule is CCCCN(CCC(C)(C)CN)C(C)CC. The topological polar surface area (TPSA) is 29.3 Å². The molecule has 2 heteroatoms. The molecule has 0 aliphatic rings. The van der Waals surface area contributed by atoms with Crippen LogP contribution in [-0.2, 0) is 0 Å². The van der Waals surface area contributed by atoms with Gasteiger partial charge >= 0.3 is 0 Å². The van der Waals surface area contributed by atoms with Crippen LogP contribution in [0.3, 0.4) is 0 Å². The van der Waals surface area contributed by atoms with Crippen molar-refractivity contribution in [2.45, 2.75) is 66.3 Å². The first-order valence-electron chi connectivity index (χ1n) is 6.91. The number of hydrogen-bond acceptors (Lipinski definition) is 2. The summed E-state index contributed by atoms with van der Waals surface area (Å²) in [5.41, 5.74) is 6.07. The van der Waals surface area contributed by atoms with Crippen LogP contribution in [0.2, 0.25) is 0 Å². The van der Waals surface area contributed by atoms with E-state index in [0.717, 1.165) is 6.54 Å². The highest BCUT2D eigenvalue weighted by molar-refractivity contribution is 4.74. The Labute approximate surface area is 103 Å². The van der Waals surface area contributed by atoms with Gasteiger partial charge < -0.3 is 10.6 Å². The zero-order valence-electron chi connectivity index (χ0n) is 12.1. The monoisotopic (exact) mass is 228 g/mol. The minimum Gasteiger partial charge on any atom is -0.330 e. The minimum absolute atomic E-state index is 0.290. The number of hydrogen-bond donors (Lipinski definition) is 1. The average Bonchev–Trinajstić information content (AvgIpc) is 2.28. The van der Waals surface area contributed by atoms with Crippen molar-refractivity contribution in [2.75, 3.05) is 19.6 Å². The lowest BCUT2D eigenvalue weighted by Crippen LogP contribution is -2.37. The third-order valence-corrected chi connectivity index (χ3v) is 3.64. The molecule has 0 aliphatic heterocycles. The second kappa shape index (κ2) is 8.08. The Morgan fingerprint density at radius 2 is 1.81 bits per heavy atom. The van der Waals surface area contributed by atoms with Crippen LogP contribution in [-0.4, -0.2) is 30.6 Å². The Bertz CT molecular complexity index is 166. The molecule has 0 amide bonds. The highest BCUT2D eigenvalue weighted by Crippen LogP contribution is 2.20. The van der Waals surface area contributed by atoms with Crippen LogP contribution in [0.4, 0.5) is 0 Å². The van der Waals surface area contributed by atoms with Gasteiger partial charge in [0.2, 0.25) is 0 Å². The van der Waals surface area contributed by atoms with Crippen LogP contribution < -0.4 is 5.73 Å². The van der Waals surface area contributed by atoms with Crippen molar-refractivity contribution in [1.29, 1.82) is 0 Å². The number of unbranched alkanes of at least 4 members (excludes halogenated alkanes) is 1. The van der Waals surface area contributed by atoms with Crippen molar-refractivity contribution >= 4 is 0 Å². The average molecular weight is 228 g/mol. The fourth-order valence-corrected chi connectivity index (χ4v) is 1.72. The molecule has 98 valence electrons. The molecule has 0 heterocycles. The van der Waals surface area contributed by atoms with Crippen LogP contribution in [0.5, 0.6) is 0 Å². The third-order valence-electron chi connectivity index (χ3n) is 3.64. The van der Waals surface area contributed by atoms with Gasteiger partial charge in [-0.3, -0.25) is 0 Å². The van der Waals surface area contributed by atoms with Gasteiger partial charge in [-0.05, 0) is 51.2 Å². The van der Waals surface area contributed by atoms with E-state index in [1.54, 1.807) is 0 Å². The summed E-state index contributed by atoms with van der Waals surface area (Å²) in [6.07, 6.45) is 5.05. The molecule has 0 spiro atoms. The molecule has 0 rings (SSSR count). The summed E-state index contributed by atoms with van der Waals surface area (Å²) in [5.74, 6) is 0. The lowest BCUT2D eigenvalue weighted by atomic mass is 9.89. The highest BCUT2D eigenvalue weighted by Gasteiger charge is 2.19. The first-order chi connectivity index (χ1) is 7.46. The molecular weight excluding hydrogens is 196 g/mol. The largest absolute Gasteiger partial charge is 0.330 e. The molecule has 1 atom stereocenters. The zero-order valence-corrected chi connectivity index (χ0v) is 12.1. The predicted octanol–water partition coefficient (Wildman–Crippen LogP) is 3.26. The maximum atomic E-state index is 5.78. The van der Waals surface area contributed by atoms with Gasteiger partial charge in [0.25, 0.3) is 0 Å². The van der Waals surface area contributed by atoms with Gasteiger partial charge in [-0.15, -0.1) is 0 Å². The summed E-state index contributed by atoms with van der Waals surface area (Å²) in [6, 6.07) is 0.708. The molecule has 2 nitrogen and oxygen atoms in total. The quantitative estimate of drug-likeness (QED) is 0.656. The molecule has 0 aromatic rings. The standard InChI is InChI=1S/C14H32N2/c1-6-8-10-16(13(3)7-2)11-9-14(4,5)12-15/h13H,6-12,15H2,1-5H3. The van der Waals surface area contributed by atoms with E-state index in [-0.39, 0.29) is 5.41 Å². The number of rotatable bonds is 9. The van der Waals surface area contributed by atoms with E-state index in [4.69, 9.17) is 5.73 Å². The molecule has 0 fully saturated rings. The first kappa shape index (κ1) is 15.9. The van der Waals surface area contributed by atoms with E-state index in [2.05, 4.69) is 39.5 Å². The lowest BCUT2D eigenvalue weighted by molar-refractivity contribution is 0.169. The molecule has 16 heavy (non-hydrogen) atoms. The minimum atomic E-state index is 0.290.